The third kappa shape index (κ3) is 2.95. The quantitative estimate of drug-likeness (QED) is 0.849. The van der Waals surface area contributed by atoms with Gasteiger partial charge in [0, 0.05) is 25.4 Å². The molecule has 8 heteroatoms. The minimum absolute atomic E-state index is 0.151. The summed E-state index contributed by atoms with van der Waals surface area (Å²) in [6.07, 6.45) is 3.79. The molecule has 2 aromatic rings. The Morgan fingerprint density at radius 1 is 1.50 bits per heavy atom. The average Bonchev–Trinajstić information content (AvgIpc) is 2.99. The number of nitriles is 1. The van der Waals surface area contributed by atoms with Crippen molar-refractivity contribution in [3.05, 3.63) is 35.2 Å². The lowest BCUT2D eigenvalue weighted by atomic mass is 10.4. The van der Waals surface area contributed by atoms with E-state index >= 15 is 0 Å². The van der Waals surface area contributed by atoms with Crippen molar-refractivity contribution >= 4 is 21.4 Å². The van der Waals surface area contributed by atoms with Crippen molar-refractivity contribution in [3.8, 4) is 6.07 Å². The second-order valence-corrected chi connectivity index (χ2v) is 6.49. The van der Waals surface area contributed by atoms with E-state index < -0.39 is 10.0 Å². The molecule has 0 amide bonds. The summed E-state index contributed by atoms with van der Waals surface area (Å²) in [5.41, 5.74) is 0. The van der Waals surface area contributed by atoms with Crippen molar-refractivity contribution < 1.29 is 8.42 Å². The van der Waals surface area contributed by atoms with Gasteiger partial charge in [-0.25, -0.2) is 18.1 Å². The predicted octanol–water partition coefficient (Wildman–Crippen LogP) is 0.864. The van der Waals surface area contributed by atoms with E-state index in [2.05, 4.69) is 14.7 Å². The number of sulfonamides is 1. The van der Waals surface area contributed by atoms with Gasteiger partial charge in [0.15, 0.2) is 0 Å². The molecule has 0 spiro atoms. The monoisotopic (exact) mass is 282 g/mol. The number of aromatic amines is 1. The average molecular weight is 282 g/mol. The van der Waals surface area contributed by atoms with Gasteiger partial charge in [0.2, 0.25) is 10.0 Å². The molecule has 0 atom stereocenters. The van der Waals surface area contributed by atoms with Crippen LogP contribution in [0.1, 0.15) is 10.7 Å². The molecule has 2 heterocycles. The third-order valence-corrected chi connectivity index (χ3v) is 5.11. The van der Waals surface area contributed by atoms with Gasteiger partial charge in [0.25, 0.3) is 0 Å². The largest absolute Gasteiger partial charge is 0.349 e. The molecule has 0 radical (unpaired) electrons. The number of rotatable bonds is 5. The number of hydrogen-bond donors (Lipinski definition) is 2. The Morgan fingerprint density at radius 2 is 2.33 bits per heavy atom. The van der Waals surface area contributed by atoms with Crippen LogP contribution in [0.3, 0.4) is 0 Å². The molecule has 2 N–H and O–H groups in total. The predicted molar refractivity (Wildman–Crippen MR) is 66.5 cm³/mol. The van der Waals surface area contributed by atoms with Crippen LogP contribution in [0.25, 0.3) is 0 Å². The molecule has 0 saturated carbocycles. The van der Waals surface area contributed by atoms with E-state index in [0.29, 0.717) is 11.3 Å². The Labute approximate surface area is 108 Å². The first-order valence-corrected chi connectivity index (χ1v) is 7.39. The van der Waals surface area contributed by atoms with Crippen molar-refractivity contribution in [2.75, 3.05) is 6.54 Å². The van der Waals surface area contributed by atoms with E-state index in [1.807, 2.05) is 6.07 Å². The van der Waals surface area contributed by atoms with Crippen LogP contribution in [0, 0.1) is 11.3 Å². The van der Waals surface area contributed by atoms with Crippen molar-refractivity contribution in [2.24, 2.45) is 0 Å². The zero-order valence-electron chi connectivity index (χ0n) is 9.25. The summed E-state index contributed by atoms with van der Waals surface area (Å²) in [7, 11) is -3.53. The SMILES string of the molecule is N#Cc1ccc(S(=O)(=O)NCCc2ncc[nH]2)s1. The molecule has 0 saturated heterocycles. The summed E-state index contributed by atoms with van der Waals surface area (Å²) >= 11 is 0.953. The molecule has 0 aliphatic carbocycles. The van der Waals surface area contributed by atoms with Gasteiger partial charge in [-0.2, -0.15) is 5.26 Å². The van der Waals surface area contributed by atoms with Gasteiger partial charge < -0.3 is 4.98 Å². The second kappa shape index (κ2) is 5.30. The van der Waals surface area contributed by atoms with Crippen molar-refractivity contribution in [1.29, 1.82) is 5.26 Å². The summed E-state index contributed by atoms with van der Waals surface area (Å²) in [5.74, 6) is 0.724. The fourth-order valence-corrected chi connectivity index (χ4v) is 3.51. The highest BCUT2D eigenvalue weighted by Crippen LogP contribution is 2.20. The van der Waals surface area contributed by atoms with Crippen molar-refractivity contribution in [2.45, 2.75) is 10.6 Å². The molecule has 0 unspecified atom stereocenters. The highest BCUT2D eigenvalue weighted by Gasteiger charge is 2.16. The van der Waals surface area contributed by atoms with E-state index in [4.69, 9.17) is 5.26 Å². The van der Waals surface area contributed by atoms with Crippen molar-refractivity contribution in [3.63, 3.8) is 0 Å². The van der Waals surface area contributed by atoms with Crippen molar-refractivity contribution in [1.82, 2.24) is 14.7 Å². The lowest BCUT2D eigenvalue weighted by molar-refractivity contribution is 0.583. The Morgan fingerprint density at radius 3 is 2.94 bits per heavy atom. The number of hydrogen-bond acceptors (Lipinski definition) is 5. The van der Waals surface area contributed by atoms with Crippen LogP contribution in [-0.2, 0) is 16.4 Å². The third-order valence-electron chi connectivity index (χ3n) is 2.17. The van der Waals surface area contributed by atoms with Gasteiger partial charge in [0.05, 0.1) is 0 Å². The number of H-pyrrole nitrogens is 1. The molecule has 0 aliphatic heterocycles. The molecule has 0 aliphatic rings. The summed E-state index contributed by atoms with van der Waals surface area (Å²) in [5, 5.41) is 8.65. The van der Waals surface area contributed by atoms with Crippen LogP contribution >= 0.6 is 11.3 Å². The Kier molecular flexibility index (Phi) is 3.76. The lowest BCUT2D eigenvalue weighted by Gasteiger charge is -2.02. The summed E-state index contributed by atoms with van der Waals surface area (Å²) < 4.78 is 26.3. The standard InChI is InChI=1S/C10H10N4O2S2/c11-7-8-1-2-10(17-8)18(15,16)14-4-3-9-12-5-6-13-9/h1-2,5-6,14H,3-4H2,(H,12,13). The van der Waals surface area contributed by atoms with Crippen LogP contribution in [0.15, 0.2) is 28.7 Å². The number of nitrogens with one attached hydrogen (secondary N) is 2. The molecule has 2 rings (SSSR count). The minimum atomic E-state index is -3.53. The highest BCUT2D eigenvalue weighted by atomic mass is 32.2. The van der Waals surface area contributed by atoms with E-state index in [1.165, 1.54) is 12.1 Å². The molecule has 94 valence electrons. The maximum Gasteiger partial charge on any atom is 0.250 e. The minimum Gasteiger partial charge on any atom is -0.349 e. The van der Waals surface area contributed by atoms with Gasteiger partial charge in [-0.15, -0.1) is 11.3 Å². The van der Waals surface area contributed by atoms with Gasteiger partial charge in [-0.3, -0.25) is 0 Å². The molecule has 0 bridgehead atoms. The number of thiophene rings is 1. The zero-order valence-corrected chi connectivity index (χ0v) is 10.9. The normalized spacial score (nSPS) is 11.3. The van der Waals surface area contributed by atoms with Crippen LogP contribution in [-0.4, -0.2) is 24.9 Å². The maximum atomic E-state index is 11.8. The molecule has 18 heavy (non-hydrogen) atoms. The van der Waals surface area contributed by atoms with Crippen LogP contribution in [0.5, 0.6) is 0 Å². The lowest BCUT2D eigenvalue weighted by Crippen LogP contribution is -2.25. The van der Waals surface area contributed by atoms with Crippen LogP contribution in [0.4, 0.5) is 0 Å². The van der Waals surface area contributed by atoms with E-state index in [-0.39, 0.29) is 10.8 Å². The highest BCUT2D eigenvalue weighted by molar-refractivity contribution is 7.91. The molecule has 0 fully saturated rings. The number of imidazole rings is 1. The fraction of sp³-hybridized carbons (Fsp3) is 0.200. The number of aromatic nitrogens is 2. The van der Waals surface area contributed by atoms with E-state index in [1.54, 1.807) is 12.4 Å². The van der Waals surface area contributed by atoms with Gasteiger partial charge in [-0.1, -0.05) is 0 Å². The Balaban J connectivity index is 1.97. The summed E-state index contributed by atoms with van der Waals surface area (Å²) in [6.45, 7) is 0.260. The maximum absolute atomic E-state index is 11.8. The van der Waals surface area contributed by atoms with Gasteiger partial charge in [-0.05, 0) is 12.1 Å². The first-order chi connectivity index (χ1) is 8.62. The summed E-state index contributed by atoms with van der Waals surface area (Å²) in [4.78, 5) is 7.26. The molecule has 2 aromatic heterocycles. The summed E-state index contributed by atoms with van der Waals surface area (Å²) in [6, 6.07) is 4.83. The van der Waals surface area contributed by atoms with E-state index in [9.17, 15) is 8.42 Å². The van der Waals surface area contributed by atoms with E-state index in [0.717, 1.165) is 17.2 Å². The zero-order chi connectivity index (χ0) is 13.0. The number of nitrogens with zero attached hydrogens (tertiary/aromatic N) is 2. The first kappa shape index (κ1) is 12.8. The van der Waals surface area contributed by atoms with Crippen LogP contribution < -0.4 is 4.72 Å². The molecule has 0 aromatic carbocycles. The first-order valence-electron chi connectivity index (χ1n) is 5.10. The van der Waals surface area contributed by atoms with Gasteiger partial charge in [0.1, 0.15) is 21.0 Å². The second-order valence-electron chi connectivity index (χ2n) is 3.41. The topological polar surface area (TPSA) is 98.6 Å². The van der Waals surface area contributed by atoms with Crippen LogP contribution in [0.2, 0.25) is 0 Å². The Hall–Kier alpha value is -1.69. The van der Waals surface area contributed by atoms with Gasteiger partial charge >= 0.3 is 0 Å². The molecular weight excluding hydrogens is 272 g/mol. The fourth-order valence-electron chi connectivity index (χ4n) is 1.33. The smallest absolute Gasteiger partial charge is 0.250 e. The Bertz CT molecular complexity index is 652. The molecular formula is C10H10N4O2S2. The molecule has 6 nitrogen and oxygen atoms in total.